The fraction of sp³-hybridized carbons (Fsp3) is 0.429. The Morgan fingerprint density at radius 1 is 1.32 bits per heavy atom. The minimum absolute atomic E-state index is 0.116. The molecule has 2 aliphatic rings. The highest BCUT2D eigenvalue weighted by Gasteiger charge is 2.41. The number of nitrogens with zero attached hydrogens (tertiary/aromatic N) is 1. The van der Waals surface area contributed by atoms with Gasteiger partial charge in [0.1, 0.15) is 6.04 Å². The Hall–Kier alpha value is -1.88. The fourth-order valence-electron chi connectivity index (χ4n) is 2.92. The Morgan fingerprint density at radius 2 is 2.11 bits per heavy atom. The van der Waals surface area contributed by atoms with Gasteiger partial charge in [-0.2, -0.15) is 0 Å². The van der Waals surface area contributed by atoms with E-state index in [0.717, 1.165) is 30.6 Å². The van der Waals surface area contributed by atoms with Crippen molar-refractivity contribution in [1.29, 1.82) is 0 Å². The summed E-state index contributed by atoms with van der Waals surface area (Å²) in [7, 11) is 0. The summed E-state index contributed by atoms with van der Waals surface area (Å²) in [4.78, 5) is 25.4. The summed E-state index contributed by atoms with van der Waals surface area (Å²) < 4.78 is 0. The van der Waals surface area contributed by atoms with E-state index in [0.29, 0.717) is 6.42 Å². The molecule has 5 nitrogen and oxygen atoms in total. The Labute approximate surface area is 111 Å². The zero-order chi connectivity index (χ0) is 13.4. The predicted octanol–water partition coefficient (Wildman–Crippen LogP) is 0.781. The smallest absolute Gasteiger partial charge is 0.327 e. The summed E-state index contributed by atoms with van der Waals surface area (Å²) in [5, 5.41) is 12.5. The normalized spacial score (nSPS) is 25.4. The number of carboxylic acid groups (broad SMARTS) is 1. The predicted molar refractivity (Wildman–Crippen MR) is 70.1 cm³/mol. The number of anilines is 1. The van der Waals surface area contributed by atoms with E-state index < -0.39 is 12.0 Å². The summed E-state index contributed by atoms with van der Waals surface area (Å²) in [6, 6.07) is 6.41. The summed E-state index contributed by atoms with van der Waals surface area (Å²) in [6.45, 7) is 0.823. The Bertz CT molecular complexity index is 523. The lowest BCUT2D eigenvalue weighted by atomic mass is 10.1. The van der Waals surface area contributed by atoms with E-state index in [4.69, 9.17) is 0 Å². The third-order valence-electron chi connectivity index (χ3n) is 3.86. The first-order valence-corrected chi connectivity index (χ1v) is 6.55. The molecule has 1 aromatic rings. The first kappa shape index (κ1) is 12.2. The number of rotatable bonds is 2. The van der Waals surface area contributed by atoms with Crippen LogP contribution in [-0.2, 0) is 16.0 Å². The number of para-hydroxylation sites is 1. The Morgan fingerprint density at radius 3 is 2.79 bits per heavy atom. The van der Waals surface area contributed by atoms with Crippen LogP contribution >= 0.6 is 0 Å². The van der Waals surface area contributed by atoms with Gasteiger partial charge in [0.15, 0.2) is 0 Å². The Balaban J connectivity index is 1.95. The molecule has 2 unspecified atom stereocenters. The molecular formula is C14H16N2O3. The lowest BCUT2D eigenvalue weighted by Crippen LogP contribution is -2.50. The van der Waals surface area contributed by atoms with Gasteiger partial charge in [-0.25, -0.2) is 4.79 Å². The van der Waals surface area contributed by atoms with Crippen LogP contribution in [0.3, 0.4) is 0 Å². The highest BCUT2D eigenvalue weighted by Crippen LogP contribution is 2.33. The minimum atomic E-state index is -0.942. The molecule has 1 fully saturated rings. The monoisotopic (exact) mass is 260 g/mol. The molecule has 2 aliphatic heterocycles. The maximum atomic E-state index is 12.5. The summed E-state index contributed by atoms with van der Waals surface area (Å²) >= 11 is 0. The van der Waals surface area contributed by atoms with Gasteiger partial charge in [0.25, 0.3) is 0 Å². The van der Waals surface area contributed by atoms with Crippen LogP contribution in [-0.4, -0.2) is 35.6 Å². The highest BCUT2D eigenvalue weighted by atomic mass is 16.4. The molecule has 1 aromatic carbocycles. The second-order valence-corrected chi connectivity index (χ2v) is 5.04. The number of carbonyl (C=O) groups excluding carboxylic acids is 1. The van der Waals surface area contributed by atoms with Crippen molar-refractivity contribution < 1.29 is 14.7 Å². The van der Waals surface area contributed by atoms with Crippen LogP contribution in [0.1, 0.15) is 18.4 Å². The van der Waals surface area contributed by atoms with Gasteiger partial charge in [0.05, 0.1) is 6.04 Å². The lowest BCUT2D eigenvalue weighted by molar-refractivity contribution is -0.140. The molecule has 2 atom stereocenters. The van der Waals surface area contributed by atoms with Crippen molar-refractivity contribution in [2.75, 3.05) is 11.4 Å². The van der Waals surface area contributed by atoms with Crippen molar-refractivity contribution in [2.24, 2.45) is 0 Å². The zero-order valence-corrected chi connectivity index (χ0v) is 10.5. The number of hydrogen-bond acceptors (Lipinski definition) is 3. The molecule has 0 spiro atoms. The van der Waals surface area contributed by atoms with Crippen LogP contribution in [0.5, 0.6) is 0 Å². The van der Waals surface area contributed by atoms with Gasteiger partial charge in [0, 0.05) is 12.1 Å². The average Bonchev–Trinajstić information content (AvgIpc) is 3.05. The molecule has 0 aromatic heterocycles. The summed E-state index contributed by atoms with van der Waals surface area (Å²) in [5.41, 5.74) is 1.68. The lowest BCUT2D eigenvalue weighted by Gasteiger charge is -2.25. The first-order valence-electron chi connectivity index (χ1n) is 6.55. The number of carboxylic acids is 1. The van der Waals surface area contributed by atoms with Crippen molar-refractivity contribution in [2.45, 2.75) is 31.3 Å². The molecule has 0 bridgehead atoms. The van der Waals surface area contributed by atoms with Crippen molar-refractivity contribution >= 4 is 17.6 Å². The van der Waals surface area contributed by atoms with E-state index in [-0.39, 0.29) is 11.9 Å². The van der Waals surface area contributed by atoms with Gasteiger partial charge < -0.3 is 10.4 Å². The minimum Gasteiger partial charge on any atom is -0.480 e. The summed E-state index contributed by atoms with van der Waals surface area (Å²) in [6.07, 6.45) is 2.14. The fourth-order valence-corrected chi connectivity index (χ4v) is 2.92. The number of fused-ring (bicyclic) bond motifs is 1. The molecule has 1 amide bonds. The van der Waals surface area contributed by atoms with Gasteiger partial charge in [0.2, 0.25) is 5.91 Å². The van der Waals surface area contributed by atoms with Crippen LogP contribution in [0.15, 0.2) is 24.3 Å². The molecule has 2 heterocycles. The van der Waals surface area contributed by atoms with E-state index in [2.05, 4.69) is 5.32 Å². The van der Waals surface area contributed by atoms with E-state index in [1.165, 1.54) is 4.90 Å². The largest absolute Gasteiger partial charge is 0.480 e. The van der Waals surface area contributed by atoms with E-state index >= 15 is 0 Å². The molecule has 0 saturated carbocycles. The van der Waals surface area contributed by atoms with Crippen molar-refractivity contribution in [3.8, 4) is 0 Å². The van der Waals surface area contributed by atoms with Gasteiger partial charge in [-0.05, 0) is 31.0 Å². The second-order valence-electron chi connectivity index (χ2n) is 5.04. The van der Waals surface area contributed by atoms with Gasteiger partial charge in [-0.15, -0.1) is 0 Å². The molecule has 3 rings (SSSR count). The molecule has 0 aliphatic carbocycles. The highest BCUT2D eigenvalue weighted by molar-refractivity contribution is 6.04. The van der Waals surface area contributed by atoms with Crippen molar-refractivity contribution in [1.82, 2.24) is 5.32 Å². The van der Waals surface area contributed by atoms with Crippen molar-refractivity contribution in [3.63, 3.8) is 0 Å². The van der Waals surface area contributed by atoms with Gasteiger partial charge in [-0.3, -0.25) is 9.69 Å². The first-order chi connectivity index (χ1) is 9.18. The number of carbonyl (C=O) groups is 2. The number of amides is 1. The van der Waals surface area contributed by atoms with Gasteiger partial charge >= 0.3 is 5.97 Å². The van der Waals surface area contributed by atoms with Crippen molar-refractivity contribution in [3.05, 3.63) is 29.8 Å². The number of hydrogen-bond donors (Lipinski definition) is 2. The molecular weight excluding hydrogens is 244 g/mol. The Kier molecular flexibility index (Phi) is 2.98. The third kappa shape index (κ3) is 2.00. The quantitative estimate of drug-likeness (QED) is 0.824. The number of aliphatic carboxylic acids is 1. The molecule has 19 heavy (non-hydrogen) atoms. The molecule has 0 radical (unpaired) electrons. The molecule has 1 saturated heterocycles. The molecule has 100 valence electrons. The average molecular weight is 260 g/mol. The number of nitrogens with one attached hydrogen (secondary N) is 1. The SMILES string of the molecule is O=C(O)C1Cc2ccccc2N1C(=O)C1CCCN1. The topological polar surface area (TPSA) is 69.6 Å². The molecule has 2 N–H and O–H groups in total. The third-order valence-corrected chi connectivity index (χ3v) is 3.86. The van der Waals surface area contributed by atoms with Crippen LogP contribution in [0, 0.1) is 0 Å². The van der Waals surface area contributed by atoms with Crippen LogP contribution in [0.25, 0.3) is 0 Å². The standard InChI is InChI=1S/C14H16N2O3/c17-13(10-5-3-7-15-10)16-11-6-2-1-4-9(11)8-12(16)14(18)19/h1-2,4,6,10,12,15H,3,5,7-8H2,(H,18,19). The van der Waals surface area contributed by atoms with Gasteiger partial charge in [-0.1, -0.05) is 18.2 Å². The van der Waals surface area contributed by atoms with E-state index in [9.17, 15) is 14.7 Å². The van der Waals surface area contributed by atoms with Crippen LogP contribution in [0.2, 0.25) is 0 Å². The number of benzene rings is 1. The second kappa shape index (κ2) is 4.66. The van der Waals surface area contributed by atoms with E-state index in [1.54, 1.807) is 0 Å². The zero-order valence-electron chi connectivity index (χ0n) is 10.5. The maximum absolute atomic E-state index is 12.5. The molecule has 5 heteroatoms. The van der Waals surface area contributed by atoms with Crippen LogP contribution < -0.4 is 10.2 Å². The van der Waals surface area contributed by atoms with Crippen LogP contribution in [0.4, 0.5) is 5.69 Å². The summed E-state index contributed by atoms with van der Waals surface area (Å²) in [5.74, 6) is -1.06. The van der Waals surface area contributed by atoms with E-state index in [1.807, 2.05) is 24.3 Å². The maximum Gasteiger partial charge on any atom is 0.327 e.